The topological polar surface area (TPSA) is 136 Å². The molecule has 0 fully saturated rings. The maximum atomic E-state index is 12.0. The Morgan fingerprint density at radius 2 is 1.92 bits per heavy atom. The van der Waals surface area contributed by atoms with Gasteiger partial charge in [0.2, 0.25) is 15.9 Å². The molecule has 26 heavy (non-hydrogen) atoms. The minimum absolute atomic E-state index is 0.0748. The maximum Gasteiger partial charge on any atom is 0.292 e. The van der Waals surface area contributed by atoms with E-state index >= 15 is 0 Å². The van der Waals surface area contributed by atoms with Crippen LogP contribution in [0.3, 0.4) is 0 Å². The van der Waals surface area contributed by atoms with Crippen LogP contribution in [0.1, 0.15) is 29.5 Å². The molecule has 1 heterocycles. The Bertz CT molecular complexity index is 865. The lowest BCUT2D eigenvalue weighted by atomic mass is 10.1. The fraction of sp³-hybridized carbons (Fsp3) is 0.400. The minimum Gasteiger partial charge on any atom is -0.349 e. The maximum absolute atomic E-state index is 12.0. The van der Waals surface area contributed by atoms with Crippen LogP contribution < -0.4 is 10.0 Å². The van der Waals surface area contributed by atoms with Crippen LogP contribution >= 0.6 is 0 Å². The first-order valence-electron chi connectivity index (χ1n) is 7.86. The monoisotopic (exact) mass is 380 g/mol. The quantitative estimate of drug-likeness (QED) is 0.633. The first-order valence-corrected chi connectivity index (χ1v) is 9.75. The summed E-state index contributed by atoms with van der Waals surface area (Å²) in [5.74, 6) is -1.78. The molecule has 0 aliphatic rings. The molecule has 1 aromatic heterocycles. The number of hydrogen-bond donors (Lipinski definition) is 2. The predicted octanol–water partition coefficient (Wildman–Crippen LogP) is -0.447. The smallest absolute Gasteiger partial charge is 0.292 e. The van der Waals surface area contributed by atoms with Gasteiger partial charge < -0.3 is 5.32 Å². The molecule has 0 unspecified atom stereocenters. The van der Waals surface area contributed by atoms with Crippen LogP contribution in [0, 0.1) is 5.92 Å². The summed E-state index contributed by atoms with van der Waals surface area (Å²) in [5, 5.41) is 14.1. The fourth-order valence-corrected chi connectivity index (χ4v) is 2.61. The van der Waals surface area contributed by atoms with E-state index in [1.54, 1.807) is 6.92 Å². The highest BCUT2D eigenvalue weighted by Gasteiger charge is 2.18. The van der Waals surface area contributed by atoms with Gasteiger partial charge in [-0.2, -0.15) is 4.80 Å². The van der Waals surface area contributed by atoms with Gasteiger partial charge in [-0.15, -0.1) is 10.2 Å². The molecule has 2 amide bonds. The summed E-state index contributed by atoms with van der Waals surface area (Å²) in [5.41, 5.74) is 0.975. The summed E-state index contributed by atoms with van der Waals surface area (Å²) >= 11 is 0. The van der Waals surface area contributed by atoms with Gasteiger partial charge in [0.15, 0.2) is 0 Å². The number of tetrazole rings is 1. The van der Waals surface area contributed by atoms with Crippen LogP contribution in [0.5, 0.6) is 0 Å². The third-order valence-electron chi connectivity index (χ3n) is 3.42. The van der Waals surface area contributed by atoms with Crippen LogP contribution in [0.25, 0.3) is 0 Å². The molecule has 0 aliphatic heterocycles. The molecule has 1 aromatic carbocycles. The van der Waals surface area contributed by atoms with E-state index in [4.69, 9.17) is 0 Å². The number of carbonyl (C=O) groups is 2. The van der Waals surface area contributed by atoms with E-state index in [-0.39, 0.29) is 18.8 Å². The third-order valence-corrected chi connectivity index (χ3v) is 3.99. The van der Waals surface area contributed by atoms with Crippen molar-refractivity contribution in [2.75, 3.05) is 12.8 Å². The Kier molecular flexibility index (Phi) is 6.39. The van der Waals surface area contributed by atoms with Gasteiger partial charge in [0.1, 0.15) is 0 Å². The molecule has 2 aromatic rings. The molecule has 11 heteroatoms. The molecule has 0 aliphatic carbocycles. The Labute approximate surface area is 151 Å². The van der Waals surface area contributed by atoms with Crippen molar-refractivity contribution in [3.63, 3.8) is 0 Å². The molecule has 10 nitrogen and oxygen atoms in total. The van der Waals surface area contributed by atoms with E-state index in [2.05, 4.69) is 20.7 Å². The van der Waals surface area contributed by atoms with Gasteiger partial charge in [0, 0.05) is 12.5 Å². The summed E-state index contributed by atoms with van der Waals surface area (Å²) in [4.78, 5) is 25.0. The standard InChI is InChI=1S/C15H20N6O4S/c1-11(14(22)19-26(2,24)25)8-9-16-15(23)13-17-20-21(18-13)10-12-6-4-3-5-7-12/h3-7,11H,8-10H2,1-2H3,(H,16,23)(H,19,22)/t11-/m1/s1. The van der Waals surface area contributed by atoms with Crippen LogP contribution in [0.15, 0.2) is 30.3 Å². The van der Waals surface area contributed by atoms with Crippen LogP contribution in [0.4, 0.5) is 0 Å². The second-order valence-corrected chi connectivity index (χ2v) is 7.56. The number of benzene rings is 1. The van der Waals surface area contributed by atoms with E-state index in [0.29, 0.717) is 6.54 Å². The van der Waals surface area contributed by atoms with Crippen molar-refractivity contribution >= 4 is 21.8 Å². The van der Waals surface area contributed by atoms with Crippen molar-refractivity contribution in [1.29, 1.82) is 0 Å². The van der Waals surface area contributed by atoms with Crippen LogP contribution in [-0.4, -0.2) is 53.2 Å². The fourth-order valence-electron chi connectivity index (χ4n) is 2.04. The number of hydrogen-bond acceptors (Lipinski definition) is 7. The molecular formula is C15H20N6O4S. The first kappa shape index (κ1) is 19.5. The highest BCUT2D eigenvalue weighted by molar-refractivity contribution is 7.89. The SMILES string of the molecule is C[C@H](CCNC(=O)c1nnn(Cc2ccccc2)n1)C(=O)NS(C)(=O)=O. The number of carbonyl (C=O) groups excluding carboxylic acids is 2. The van der Waals surface area contributed by atoms with Crippen molar-refractivity contribution in [3.8, 4) is 0 Å². The van der Waals surface area contributed by atoms with Gasteiger partial charge in [-0.25, -0.2) is 8.42 Å². The van der Waals surface area contributed by atoms with Crippen molar-refractivity contribution in [3.05, 3.63) is 41.7 Å². The number of nitrogens with one attached hydrogen (secondary N) is 2. The molecule has 0 spiro atoms. The predicted molar refractivity (Wildman–Crippen MR) is 92.5 cm³/mol. The molecule has 0 saturated heterocycles. The van der Waals surface area contributed by atoms with E-state index in [0.717, 1.165) is 11.8 Å². The average molecular weight is 380 g/mol. The van der Waals surface area contributed by atoms with Gasteiger partial charge in [-0.1, -0.05) is 37.3 Å². The Hall–Kier alpha value is -2.82. The van der Waals surface area contributed by atoms with E-state index in [9.17, 15) is 18.0 Å². The largest absolute Gasteiger partial charge is 0.349 e. The highest BCUT2D eigenvalue weighted by atomic mass is 32.2. The zero-order chi connectivity index (χ0) is 19.2. The zero-order valence-electron chi connectivity index (χ0n) is 14.4. The third kappa shape index (κ3) is 6.24. The number of aromatic nitrogens is 4. The van der Waals surface area contributed by atoms with Crippen LogP contribution in [-0.2, 0) is 21.4 Å². The van der Waals surface area contributed by atoms with E-state index < -0.39 is 27.8 Å². The number of rotatable bonds is 8. The van der Waals surface area contributed by atoms with Crippen molar-refractivity contribution < 1.29 is 18.0 Å². The second-order valence-electron chi connectivity index (χ2n) is 5.81. The van der Waals surface area contributed by atoms with Crippen molar-refractivity contribution in [2.45, 2.75) is 19.9 Å². The summed E-state index contributed by atoms with van der Waals surface area (Å²) in [6, 6.07) is 9.49. The lowest BCUT2D eigenvalue weighted by Gasteiger charge is -2.10. The summed E-state index contributed by atoms with van der Waals surface area (Å²) < 4.78 is 23.9. The Morgan fingerprint density at radius 1 is 1.23 bits per heavy atom. The molecule has 1 atom stereocenters. The van der Waals surface area contributed by atoms with Crippen molar-refractivity contribution in [1.82, 2.24) is 30.2 Å². The van der Waals surface area contributed by atoms with E-state index in [1.165, 1.54) is 4.80 Å². The molecule has 0 saturated carbocycles. The Balaban J connectivity index is 1.80. The molecule has 2 N–H and O–H groups in total. The molecule has 2 rings (SSSR count). The zero-order valence-corrected chi connectivity index (χ0v) is 15.2. The lowest BCUT2D eigenvalue weighted by Crippen LogP contribution is -2.35. The second kappa shape index (κ2) is 8.52. The average Bonchev–Trinajstić information content (AvgIpc) is 3.02. The minimum atomic E-state index is -3.59. The van der Waals surface area contributed by atoms with Crippen molar-refractivity contribution in [2.24, 2.45) is 5.92 Å². The van der Waals surface area contributed by atoms with Gasteiger partial charge in [0.05, 0.1) is 12.8 Å². The number of nitrogens with zero attached hydrogens (tertiary/aromatic N) is 4. The summed E-state index contributed by atoms with van der Waals surface area (Å²) in [6.07, 6.45) is 1.18. The summed E-state index contributed by atoms with van der Waals surface area (Å²) in [7, 11) is -3.59. The van der Waals surface area contributed by atoms with Gasteiger partial charge >= 0.3 is 0 Å². The lowest BCUT2D eigenvalue weighted by molar-refractivity contribution is -0.122. The number of amides is 2. The summed E-state index contributed by atoms with van der Waals surface area (Å²) in [6.45, 7) is 2.13. The normalized spacial score (nSPS) is 12.4. The molecule has 0 bridgehead atoms. The van der Waals surface area contributed by atoms with E-state index in [1.807, 2.05) is 35.1 Å². The van der Waals surface area contributed by atoms with Gasteiger partial charge in [-0.3, -0.25) is 14.3 Å². The highest BCUT2D eigenvalue weighted by Crippen LogP contribution is 2.02. The first-order chi connectivity index (χ1) is 12.2. The van der Waals surface area contributed by atoms with Crippen LogP contribution in [0.2, 0.25) is 0 Å². The molecule has 0 radical (unpaired) electrons. The molecular weight excluding hydrogens is 360 g/mol. The number of sulfonamides is 1. The van der Waals surface area contributed by atoms with Gasteiger partial charge in [-0.05, 0) is 17.2 Å². The molecule has 140 valence electrons. The Morgan fingerprint density at radius 3 is 2.58 bits per heavy atom. The van der Waals surface area contributed by atoms with Gasteiger partial charge in [0.25, 0.3) is 11.7 Å².